The van der Waals surface area contributed by atoms with Gasteiger partial charge in [-0.3, -0.25) is 0 Å². The molecule has 5 atom stereocenters. The van der Waals surface area contributed by atoms with Gasteiger partial charge in [0.1, 0.15) is 18.3 Å². The van der Waals surface area contributed by atoms with Crippen LogP contribution in [0.4, 0.5) is 0 Å². The standard InChI is InChI=1S/C6H11NO6/c7-3-1(8)2(9)4(10)6(3,13)5(11)12/h1-4,8-10,13H,7H2,(H,11,12). The van der Waals surface area contributed by atoms with Crippen molar-refractivity contribution in [2.45, 2.75) is 30.0 Å². The quantitative estimate of drug-likeness (QED) is 0.251. The molecule has 1 saturated carbocycles. The van der Waals surface area contributed by atoms with Crippen LogP contribution in [-0.4, -0.2) is 61.5 Å². The van der Waals surface area contributed by atoms with Gasteiger partial charge in [-0.1, -0.05) is 0 Å². The lowest BCUT2D eigenvalue weighted by molar-refractivity contribution is -0.173. The van der Waals surface area contributed by atoms with Crippen LogP contribution in [0.15, 0.2) is 0 Å². The third-order valence-electron chi connectivity index (χ3n) is 2.34. The van der Waals surface area contributed by atoms with Crippen molar-refractivity contribution in [3.8, 4) is 0 Å². The second-order valence-corrected chi connectivity index (χ2v) is 3.08. The molecule has 1 aliphatic rings. The van der Waals surface area contributed by atoms with E-state index in [9.17, 15) is 9.90 Å². The Morgan fingerprint density at radius 1 is 1.23 bits per heavy atom. The van der Waals surface area contributed by atoms with Crippen molar-refractivity contribution < 1.29 is 30.3 Å². The van der Waals surface area contributed by atoms with E-state index in [1.165, 1.54) is 0 Å². The molecule has 0 heterocycles. The number of carboxylic acid groups (broad SMARTS) is 1. The van der Waals surface area contributed by atoms with Crippen molar-refractivity contribution in [1.29, 1.82) is 0 Å². The number of aliphatic carboxylic acids is 1. The molecule has 0 saturated heterocycles. The number of rotatable bonds is 1. The van der Waals surface area contributed by atoms with Crippen LogP contribution in [0.3, 0.4) is 0 Å². The van der Waals surface area contributed by atoms with Gasteiger partial charge >= 0.3 is 5.97 Å². The molecule has 5 unspecified atom stereocenters. The van der Waals surface area contributed by atoms with Crippen molar-refractivity contribution in [3.05, 3.63) is 0 Å². The third kappa shape index (κ3) is 1.13. The molecule has 1 aliphatic carbocycles. The zero-order valence-corrected chi connectivity index (χ0v) is 6.53. The number of hydrogen-bond acceptors (Lipinski definition) is 6. The van der Waals surface area contributed by atoms with E-state index in [-0.39, 0.29) is 0 Å². The third-order valence-corrected chi connectivity index (χ3v) is 2.34. The van der Waals surface area contributed by atoms with Gasteiger partial charge < -0.3 is 31.3 Å². The summed E-state index contributed by atoms with van der Waals surface area (Å²) in [4.78, 5) is 10.5. The number of nitrogens with two attached hydrogens (primary N) is 1. The SMILES string of the molecule is NC1C(O)C(O)C(O)C1(O)C(=O)O. The highest BCUT2D eigenvalue weighted by Gasteiger charge is 2.62. The number of carbonyl (C=O) groups is 1. The topological polar surface area (TPSA) is 144 Å². The molecule has 7 heteroatoms. The minimum absolute atomic E-state index is 1.62. The van der Waals surface area contributed by atoms with Gasteiger partial charge in [-0.05, 0) is 0 Å². The van der Waals surface area contributed by atoms with Crippen LogP contribution in [0.2, 0.25) is 0 Å². The lowest BCUT2D eigenvalue weighted by Crippen LogP contribution is -2.58. The van der Waals surface area contributed by atoms with Gasteiger partial charge in [0.05, 0.1) is 6.04 Å². The average Bonchev–Trinajstić information content (AvgIpc) is 2.22. The molecule has 0 amide bonds. The van der Waals surface area contributed by atoms with E-state index in [0.717, 1.165) is 0 Å². The number of carboxylic acids is 1. The second-order valence-electron chi connectivity index (χ2n) is 3.08. The van der Waals surface area contributed by atoms with E-state index in [1.54, 1.807) is 0 Å². The fourth-order valence-corrected chi connectivity index (χ4v) is 1.39. The van der Waals surface area contributed by atoms with Gasteiger partial charge in [0, 0.05) is 0 Å². The molecule has 1 rings (SSSR count). The van der Waals surface area contributed by atoms with Gasteiger partial charge in [0.25, 0.3) is 0 Å². The molecule has 0 aliphatic heterocycles. The Kier molecular flexibility index (Phi) is 2.30. The molecule has 1 fully saturated rings. The number of aliphatic hydroxyl groups is 4. The zero-order valence-electron chi connectivity index (χ0n) is 6.53. The largest absolute Gasteiger partial charge is 0.479 e. The smallest absolute Gasteiger partial charge is 0.340 e. The van der Waals surface area contributed by atoms with Crippen molar-refractivity contribution in [2.75, 3.05) is 0 Å². The van der Waals surface area contributed by atoms with Gasteiger partial charge in [-0.2, -0.15) is 0 Å². The summed E-state index contributed by atoms with van der Waals surface area (Å²) in [6.45, 7) is 0. The van der Waals surface area contributed by atoms with Crippen molar-refractivity contribution in [1.82, 2.24) is 0 Å². The van der Waals surface area contributed by atoms with E-state index in [1.807, 2.05) is 0 Å². The van der Waals surface area contributed by atoms with Crippen LogP contribution in [0.5, 0.6) is 0 Å². The molecule has 0 aromatic carbocycles. The number of aliphatic hydroxyl groups excluding tert-OH is 3. The fraction of sp³-hybridized carbons (Fsp3) is 0.833. The van der Waals surface area contributed by atoms with E-state index in [2.05, 4.69) is 0 Å². The van der Waals surface area contributed by atoms with E-state index < -0.39 is 35.9 Å². The Morgan fingerprint density at radius 2 is 1.69 bits per heavy atom. The molecule has 0 spiro atoms. The fourth-order valence-electron chi connectivity index (χ4n) is 1.39. The Bertz CT molecular complexity index is 217. The first-order chi connectivity index (χ1) is 5.83. The molecule has 7 nitrogen and oxygen atoms in total. The molecule has 0 radical (unpaired) electrons. The van der Waals surface area contributed by atoms with Crippen LogP contribution >= 0.6 is 0 Å². The first-order valence-corrected chi connectivity index (χ1v) is 3.59. The van der Waals surface area contributed by atoms with Gasteiger partial charge in [-0.15, -0.1) is 0 Å². The maximum atomic E-state index is 10.5. The van der Waals surface area contributed by atoms with Crippen LogP contribution in [-0.2, 0) is 4.79 Å². The molecular weight excluding hydrogens is 182 g/mol. The van der Waals surface area contributed by atoms with Crippen LogP contribution in [0.25, 0.3) is 0 Å². The zero-order chi connectivity index (χ0) is 10.4. The second kappa shape index (κ2) is 2.89. The summed E-state index contributed by atoms with van der Waals surface area (Å²) in [6.07, 6.45) is -5.40. The Labute approximate surface area is 73.0 Å². The highest BCUT2D eigenvalue weighted by molar-refractivity contribution is 5.80. The minimum atomic E-state index is -2.70. The molecule has 0 aromatic heterocycles. The highest BCUT2D eigenvalue weighted by atomic mass is 16.4. The first-order valence-electron chi connectivity index (χ1n) is 3.59. The summed E-state index contributed by atoms with van der Waals surface area (Å²) in [6, 6.07) is -1.62. The summed E-state index contributed by atoms with van der Waals surface area (Å²) in [7, 11) is 0. The Balaban J connectivity index is 3.05. The normalized spacial score (nSPS) is 50.8. The van der Waals surface area contributed by atoms with Crippen molar-refractivity contribution in [2.24, 2.45) is 5.73 Å². The lowest BCUT2D eigenvalue weighted by atomic mass is 9.96. The summed E-state index contributed by atoms with van der Waals surface area (Å²) in [5, 5.41) is 45.1. The Morgan fingerprint density at radius 3 is 1.85 bits per heavy atom. The van der Waals surface area contributed by atoms with Crippen molar-refractivity contribution >= 4 is 5.97 Å². The predicted octanol–water partition coefficient (Wildman–Crippen LogP) is -3.77. The summed E-state index contributed by atoms with van der Waals surface area (Å²) < 4.78 is 0. The van der Waals surface area contributed by atoms with Crippen LogP contribution < -0.4 is 5.73 Å². The Hall–Kier alpha value is -0.730. The first kappa shape index (κ1) is 10.4. The van der Waals surface area contributed by atoms with Crippen LogP contribution in [0, 0.1) is 0 Å². The molecule has 0 bridgehead atoms. The summed E-state index contributed by atoms with van der Waals surface area (Å²) in [5.41, 5.74) is 2.44. The molecule has 76 valence electrons. The predicted molar refractivity (Wildman–Crippen MR) is 38.6 cm³/mol. The van der Waals surface area contributed by atoms with Crippen molar-refractivity contribution in [3.63, 3.8) is 0 Å². The summed E-state index contributed by atoms with van der Waals surface area (Å²) in [5.74, 6) is -1.77. The van der Waals surface area contributed by atoms with Gasteiger partial charge in [0.2, 0.25) is 5.60 Å². The van der Waals surface area contributed by atoms with E-state index in [0.29, 0.717) is 0 Å². The maximum absolute atomic E-state index is 10.5. The molecule has 7 N–H and O–H groups in total. The van der Waals surface area contributed by atoms with Gasteiger partial charge in [-0.25, -0.2) is 4.79 Å². The molecule has 0 aromatic rings. The monoisotopic (exact) mass is 193 g/mol. The summed E-state index contributed by atoms with van der Waals surface area (Å²) >= 11 is 0. The number of hydrogen-bond donors (Lipinski definition) is 6. The maximum Gasteiger partial charge on any atom is 0.340 e. The molecular formula is C6H11NO6. The van der Waals surface area contributed by atoms with Gasteiger partial charge in [0.15, 0.2) is 0 Å². The van der Waals surface area contributed by atoms with E-state index in [4.69, 9.17) is 26.2 Å². The van der Waals surface area contributed by atoms with Crippen LogP contribution in [0.1, 0.15) is 0 Å². The molecule has 13 heavy (non-hydrogen) atoms. The van der Waals surface area contributed by atoms with E-state index >= 15 is 0 Å². The average molecular weight is 193 g/mol. The highest BCUT2D eigenvalue weighted by Crippen LogP contribution is 2.30. The minimum Gasteiger partial charge on any atom is -0.479 e. The lowest BCUT2D eigenvalue weighted by Gasteiger charge is -2.25.